The van der Waals surface area contributed by atoms with Crippen molar-refractivity contribution in [3.05, 3.63) is 64.1 Å². The molecule has 0 aliphatic rings. The van der Waals surface area contributed by atoms with Crippen LogP contribution < -0.4 is 10.1 Å². The first-order valence-electron chi connectivity index (χ1n) is 8.87. The van der Waals surface area contributed by atoms with E-state index < -0.39 is 0 Å². The predicted molar refractivity (Wildman–Crippen MR) is 107 cm³/mol. The SMILES string of the molecule is CC(C)OCc1ccc(CNC(=O)CCCOc2cccc(Br)c2)cc1. The van der Waals surface area contributed by atoms with E-state index in [1.54, 1.807) is 0 Å². The molecule has 0 saturated heterocycles. The van der Waals surface area contributed by atoms with Crippen molar-refractivity contribution in [2.24, 2.45) is 0 Å². The summed E-state index contributed by atoms with van der Waals surface area (Å²) in [6.45, 7) is 5.72. The molecule has 5 heteroatoms. The van der Waals surface area contributed by atoms with Crippen molar-refractivity contribution in [1.29, 1.82) is 0 Å². The van der Waals surface area contributed by atoms with E-state index >= 15 is 0 Å². The Labute approximate surface area is 164 Å². The predicted octanol–water partition coefficient (Wildman–Crippen LogP) is 4.85. The third-order valence-corrected chi connectivity index (χ3v) is 4.20. The van der Waals surface area contributed by atoms with Crippen LogP contribution in [0.3, 0.4) is 0 Å². The van der Waals surface area contributed by atoms with Crippen molar-refractivity contribution < 1.29 is 14.3 Å². The molecular weight excluding hydrogens is 394 g/mol. The fourth-order valence-corrected chi connectivity index (χ4v) is 2.66. The molecule has 0 aliphatic carbocycles. The van der Waals surface area contributed by atoms with Crippen LogP contribution in [0.25, 0.3) is 0 Å². The van der Waals surface area contributed by atoms with E-state index in [0.717, 1.165) is 21.3 Å². The Morgan fingerprint density at radius 2 is 1.85 bits per heavy atom. The van der Waals surface area contributed by atoms with Gasteiger partial charge >= 0.3 is 0 Å². The Hall–Kier alpha value is -1.85. The zero-order valence-corrected chi connectivity index (χ0v) is 16.9. The Bertz CT molecular complexity index is 686. The zero-order chi connectivity index (χ0) is 18.8. The highest BCUT2D eigenvalue weighted by Crippen LogP contribution is 2.17. The van der Waals surface area contributed by atoms with Gasteiger partial charge in [-0.2, -0.15) is 0 Å². The molecule has 0 aliphatic heterocycles. The summed E-state index contributed by atoms with van der Waals surface area (Å²) in [6.07, 6.45) is 1.36. The first kappa shape index (κ1) is 20.5. The van der Waals surface area contributed by atoms with Crippen molar-refractivity contribution in [2.45, 2.75) is 45.9 Å². The largest absolute Gasteiger partial charge is 0.494 e. The number of ether oxygens (including phenoxy) is 2. The number of nitrogens with one attached hydrogen (secondary N) is 1. The van der Waals surface area contributed by atoms with E-state index in [1.165, 1.54) is 0 Å². The van der Waals surface area contributed by atoms with Crippen LogP contribution in [0, 0.1) is 0 Å². The Morgan fingerprint density at radius 3 is 2.54 bits per heavy atom. The second-order valence-electron chi connectivity index (χ2n) is 6.36. The monoisotopic (exact) mass is 419 g/mol. The van der Waals surface area contributed by atoms with Crippen molar-refractivity contribution in [3.63, 3.8) is 0 Å². The van der Waals surface area contributed by atoms with Gasteiger partial charge in [0, 0.05) is 17.4 Å². The van der Waals surface area contributed by atoms with Crippen molar-refractivity contribution in [2.75, 3.05) is 6.61 Å². The lowest BCUT2D eigenvalue weighted by molar-refractivity contribution is -0.121. The van der Waals surface area contributed by atoms with Crippen molar-refractivity contribution in [3.8, 4) is 5.75 Å². The Balaban J connectivity index is 1.62. The van der Waals surface area contributed by atoms with Crippen LogP contribution in [0.1, 0.15) is 37.8 Å². The fourth-order valence-electron chi connectivity index (χ4n) is 2.28. The highest BCUT2D eigenvalue weighted by atomic mass is 79.9. The molecule has 2 aromatic rings. The molecule has 0 heterocycles. The van der Waals surface area contributed by atoms with E-state index in [-0.39, 0.29) is 12.0 Å². The molecular formula is C21H26BrNO3. The average molecular weight is 420 g/mol. The summed E-state index contributed by atoms with van der Waals surface area (Å²) in [5.41, 5.74) is 2.22. The van der Waals surface area contributed by atoms with E-state index in [4.69, 9.17) is 9.47 Å². The van der Waals surface area contributed by atoms with Gasteiger partial charge in [-0.3, -0.25) is 4.79 Å². The number of hydrogen-bond donors (Lipinski definition) is 1. The molecule has 0 atom stereocenters. The van der Waals surface area contributed by atoms with Crippen LogP contribution in [0.2, 0.25) is 0 Å². The normalized spacial score (nSPS) is 10.8. The van der Waals surface area contributed by atoms with Gasteiger partial charge in [-0.05, 0) is 49.6 Å². The van der Waals surface area contributed by atoms with Crippen LogP contribution in [0.15, 0.2) is 53.0 Å². The molecule has 0 bridgehead atoms. The summed E-state index contributed by atoms with van der Waals surface area (Å²) in [7, 11) is 0. The first-order valence-corrected chi connectivity index (χ1v) is 9.66. The molecule has 0 saturated carbocycles. The van der Waals surface area contributed by atoms with E-state index in [2.05, 4.69) is 21.2 Å². The van der Waals surface area contributed by atoms with Crippen LogP contribution in [0.4, 0.5) is 0 Å². The second-order valence-corrected chi connectivity index (χ2v) is 7.28. The summed E-state index contributed by atoms with van der Waals surface area (Å²) < 4.78 is 12.2. The second kappa shape index (κ2) is 11.0. The quantitative estimate of drug-likeness (QED) is 0.559. The van der Waals surface area contributed by atoms with Gasteiger partial charge in [-0.15, -0.1) is 0 Å². The van der Waals surface area contributed by atoms with Crippen LogP contribution >= 0.6 is 15.9 Å². The molecule has 4 nitrogen and oxygen atoms in total. The number of rotatable bonds is 10. The molecule has 2 aromatic carbocycles. The molecule has 1 N–H and O–H groups in total. The van der Waals surface area contributed by atoms with Crippen LogP contribution in [-0.2, 0) is 22.7 Å². The first-order chi connectivity index (χ1) is 12.5. The molecule has 0 aromatic heterocycles. The summed E-state index contributed by atoms with van der Waals surface area (Å²) in [4.78, 5) is 11.9. The fraction of sp³-hybridized carbons (Fsp3) is 0.381. The smallest absolute Gasteiger partial charge is 0.220 e. The highest BCUT2D eigenvalue weighted by molar-refractivity contribution is 9.10. The van der Waals surface area contributed by atoms with E-state index in [9.17, 15) is 4.79 Å². The third kappa shape index (κ3) is 8.02. The summed E-state index contributed by atoms with van der Waals surface area (Å²) in [5, 5.41) is 2.94. The van der Waals surface area contributed by atoms with Gasteiger partial charge < -0.3 is 14.8 Å². The van der Waals surface area contributed by atoms with Gasteiger partial charge in [0.15, 0.2) is 0 Å². The summed E-state index contributed by atoms with van der Waals surface area (Å²) in [6, 6.07) is 15.8. The van der Waals surface area contributed by atoms with Gasteiger partial charge in [0.05, 0.1) is 19.3 Å². The highest BCUT2D eigenvalue weighted by Gasteiger charge is 2.03. The van der Waals surface area contributed by atoms with Crippen molar-refractivity contribution in [1.82, 2.24) is 5.32 Å². The molecule has 2 rings (SSSR count). The van der Waals surface area contributed by atoms with Gasteiger partial charge in [-0.1, -0.05) is 46.3 Å². The maximum atomic E-state index is 11.9. The molecule has 0 radical (unpaired) electrons. The van der Waals surface area contributed by atoms with Gasteiger partial charge in [0.1, 0.15) is 5.75 Å². The lowest BCUT2D eigenvalue weighted by atomic mass is 10.1. The minimum absolute atomic E-state index is 0.0371. The standard InChI is InChI=1S/C21H26BrNO3/c1-16(2)26-15-18-10-8-17(9-11-18)14-23-21(24)7-4-12-25-20-6-3-5-19(22)13-20/h3,5-6,8-11,13,16H,4,7,12,14-15H2,1-2H3,(H,23,24). The minimum atomic E-state index is 0.0371. The van der Waals surface area contributed by atoms with Gasteiger partial charge in [0.25, 0.3) is 0 Å². The van der Waals surface area contributed by atoms with Gasteiger partial charge in [-0.25, -0.2) is 0 Å². The van der Waals surface area contributed by atoms with Crippen LogP contribution in [0.5, 0.6) is 5.75 Å². The van der Waals surface area contributed by atoms with Crippen molar-refractivity contribution >= 4 is 21.8 Å². The average Bonchev–Trinajstić information content (AvgIpc) is 2.63. The minimum Gasteiger partial charge on any atom is -0.494 e. The number of benzene rings is 2. The number of hydrogen-bond acceptors (Lipinski definition) is 3. The van der Waals surface area contributed by atoms with E-state index in [1.807, 2.05) is 62.4 Å². The van der Waals surface area contributed by atoms with Gasteiger partial charge in [0.2, 0.25) is 5.91 Å². The molecule has 0 spiro atoms. The lowest BCUT2D eigenvalue weighted by Crippen LogP contribution is -2.23. The Morgan fingerprint density at radius 1 is 1.12 bits per heavy atom. The van der Waals surface area contributed by atoms with E-state index in [0.29, 0.717) is 32.6 Å². The number of carbonyl (C=O) groups excluding carboxylic acids is 1. The number of halogens is 1. The maximum Gasteiger partial charge on any atom is 0.220 e. The Kier molecular flexibility index (Phi) is 8.65. The summed E-state index contributed by atoms with van der Waals surface area (Å²) in [5.74, 6) is 0.844. The molecule has 0 unspecified atom stereocenters. The molecule has 26 heavy (non-hydrogen) atoms. The molecule has 140 valence electrons. The molecule has 1 amide bonds. The third-order valence-electron chi connectivity index (χ3n) is 3.71. The lowest BCUT2D eigenvalue weighted by Gasteiger charge is -2.09. The summed E-state index contributed by atoms with van der Waals surface area (Å²) >= 11 is 3.41. The number of carbonyl (C=O) groups is 1. The maximum absolute atomic E-state index is 11.9. The number of amides is 1. The van der Waals surface area contributed by atoms with Crippen LogP contribution in [-0.4, -0.2) is 18.6 Å². The topological polar surface area (TPSA) is 47.6 Å². The molecule has 0 fully saturated rings. The zero-order valence-electron chi connectivity index (χ0n) is 15.3.